The summed E-state index contributed by atoms with van der Waals surface area (Å²) in [5.41, 5.74) is 0.743. The molecule has 1 aromatic heterocycles. The van der Waals surface area contributed by atoms with E-state index in [1.807, 2.05) is 12.3 Å². The Bertz CT molecular complexity index is 513. The molecule has 5 nitrogen and oxygen atoms in total. The summed E-state index contributed by atoms with van der Waals surface area (Å²) >= 11 is 3.46. The van der Waals surface area contributed by atoms with Crippen LogP contribution in [0.15, 0.2) is 16.7 Å². The Kier molecular flexibility index (Phi) is 4.66. The van der Waals surface area contributed by atoms with Crippen molar-refractivity contribution in [1.29, 1.82) is 0 Å². The van der Waals surface area contributed by atoms with E-state index in [1.165, 1.54) is 12.8 Å². The number of likely N-dealkylation sites (N-methyl/N-ethyl adjacent to an activating group) is 1. The third kappa shape index (κ3) is 3.67. The quantitative estimate of drug-likeness (QED) is 0.878. The zero-order valence-electron chi connectivity index (χ0n) is 12.3. The molecule has 0 aromatic carbocycles. The SMILES string of the molecule is CCN1CCOC(CNC(=O)c2cc(Br)cn2C2CC2)C1. The van der Waals surface area contributed by atoms with E-state index in [2.05, 4.69) is 37.6 Å². The number of hydrogen-bond acceptors (Lipinski definition) is 3. The van der Waals surface area contributed by atoms with E-state index in [-0.39, 0.29) is 12.0 Å². The molecule has 6 heteroatoms. The van der Waals surface area contributed by atoms with Crippen LogP contribution in [-0.4, -0.2) is 54.3 Å². The van der Waals surface area contributed by atoms with Crippen molar-refractivity contribution in [3.63, 3.8) is 0 Å². The minimum Gasteiger partial charge on any atom is -0.374 e. The van der Waals surface area contributed by atoms with Crippen molar-refractivity contribution in [3.05, 3.63) is 22.4 Å². The fraction of sp³-hybridized carbons (Fsp3) is 0.667. The number of halogens is 1. The molecule has 3 rings (SSSR count). The van der Waals surface area contributed by atoms with Crippen molar-refractivity contribution in [2.75, 3.05) is 32.8 Å². The van der Waals surface area contributed by atoms with E-state index in [4.69, 9.17) is 4.74 Å². The van der Waals surface area contributed by atoms with E-state index in [9.17, 15) is 4.79 Å². The molecule has 1 aromatic rings. The summed E-state index contributed by atoms with van der Waals surface area (Å²) in [6.45, 7) is 6.38. The maximum absolute atomic E-state index is 12.4. The Labute approximate surface area is 133 Å². The number of morpholine rings is 1. The zero-order valence-corrected chi connectivity index (χ0v) is 13.9. The van der Waals surface area contributed by atoms with Gasteiger partial charge in [-0.25, -0.2) is 0 Å². The van der Waals surface area contributed by atoms with Gasteiger partial charge in [0.2, 0.25) is 0 Å². The summed E-state index contributed by atoms with van der Waals surface area (Å²) in [6, 6.07) is 2.40. The number of nitrogens with one attached hydrogen (secondary N) is 1. The molecular weight excluding hydrogens is 334 g/mol. The fourth-order valence-electron chi connectivity index (χ4n) is 2.77. The average Bonchev–Trinajstić information content (AvgIpc) is 3.27. The molecule has 1 aliphatic carbocycles. The molecule has 2 heterocycles. The Balaban J connectivity index is 1.56. The number of carbonyl (C=O) groups is 1. The lowest BCUT2D eigenvalue weighted by atomic mass is 10.2. The molecule has 1 atom stereocenters. The largest absolute Gasteiger partial charge is 0.374 e. The van der Waals surface area contributed by atoms with Crippen LogP contribution in [0.4, 0.5) is 0 Å². The number of nitrogens with zero attached hydrogens (tertiary/aromatic N) is 2. The summed E-state index contributed by atoms with van der Waals surface area (Å²) in [6.07, 6.45) is 4.43. The molecule has 0 bridgehead atoms. The average molecular weight is 356 g/mol. The molecule has 2 fully saturated rings. The first-order chi connectivity index (χ1) is 10.2. The molecular formula is C15H22BrN3O2. The highest BCUT2D eigenvalue weighted by Crippen LogP contribution is 2.37. The second kappa shape index (κ2) is 6.50. The van der Waals surface area contributed by atoms with Gasteiger partial charge in [-0.15, -0.1) is 0 Å². The Morgan fingerprint density at radius 2 is 2.33 bits per heavy atom. The van der Waals surface area contributed by atoms with Gasteiger partial charge in [-0.3, -0.25) is 9.69 Å². The van der Waals surface area contributed by atoms with Gasteiger partial charge in [0.25, 0.3) is 5.91 Å². The summed E-state index contributed by atoms with van der Waals surface area (Å²) in [5, 5.41) is 3.02. The van der Waals surface area contributed by atoms with E-state index in [0.29, 0.717) is 12.6 Å². The lowest BCUT2D eigenvalue weighted by Crippen LogP contribution is -2.47. The predicted molar refractivity (Wildman–Crippen MR) is 84.6 cm³/mol. The Hall–Kier alpha value is -0.850. The van der Waals surface area contributed by atoms with Crippen molar-refractivity contribution in [3.8, 4) is 0 Å². The van der Waals surface area contributed by atoms with Crippen molar-refractivity contribution < 1.29 is 9.53 Å². The standard InChI is InChI=1S/C15H22BrN3O2/c1-2-18-5-6-21-13(10-18)8-17-15(20)14-7-11(16)9-19(14)12-3-4-12/h7,9,12-13H,2-6,8,10H2,1H3,(H,17,20). The molecule has 1 N–H and O–H groups in total. The van der Waals surface area contributed by atoms with Crippen LogP contribution in [0.5, 0.6) is 0 Å². The Morgan fingerprint density at radius 1 is 1.52 bits per heavy atom. The molecule has 21 heavy (non-hydrogen) atoms. The number of aromatic nitrogens is 1. The molecule has 0 radical (unpaired) electrons. The molecule has 2 aliphatic rings. The topological polar surface area (TPSA) is 46.5 Å². The van der Waals surface area contributed by atoms with Crippen LogP contribution in [0.1, 0.15) is 36.3 Å². The minimum absolute atomic E-state index is 0.00942. The van der Waals surface area contributed by atoms with Crippen LogP contribution >= 0.6 is 15.9 Å². The van der Waals surface area contributed by atoms with Gasteiger partial charge in [0, 0.05) is 36.3 Å². The highest BCUT2D eigenvalue weighted by molar-refractivity contribution is 9.10. The van der Waals surface area contributed by atoms with E-state index >= 15 is 0 Å². The van der Waals surface area contributed by atoms with Gasteiger partial charge in [-0.2, -0.15) is 0 Å². The number of carbonyl (C=O) groups excluding carboxylic acids is 1. The van der Waals surface area contributed by atoms with Gasteiger partial charge in [-0.05, 0) is 41.4 Å². The number of rotatable bonds is 5. The number of ether oxygens (including phenoxy) is 1. The highest BCUT2D eigenvalue weighted by Gasteiger charge is 2.28. The van der Waals surface area contributed by atoms with Crippen LogP contribution in [0.25, 0.3) is 0 Å². The van der Waals surface area contributed by atoms with Crippen LogP contribution < -0.4 is 5.32 Å². The third-order valence-corrected chi connectivity index (χ3v) is 4.58. The van der Waals surface area contributed by atoms with E-state index < -0.39 is 0 Å². The van der Waals surface area contributed by atoms with Gasteiger partial charge in [-0.1, -0.05) is 6.92 Å². The fourth-order valence-corrected chi connectivity index (χ4v) is 3.21. The first-order valence-corrected chi connectivity index (χ1v) is 8.46. The first-order valence-electron chi connectivity index (χ1n) is 7.67. The third-order valence-electron chi connectivity index (χ3n) is 4.15. The smallest absolute Gasteiger partial charge is 0.268 e. The van der Waals surface area contributed by atoms with Crippen molar-refractivity contribution in [1.82, 2.24) is 14.8 Å². The molecule has 1 aliphatic heterocycles. The first kappa shape index (κ1) is 15.1. The summed E-state index contributed by atoms with van der Waals surface area (Å²) in [7, 11) is 0. The lowest BCUT2D eigenvalue weighted by Gasteiger charge is -2.32. The molecule has 1 unspecified atom stereocenters. The van der Waals surface area contributed by atoms with E-state index in [1.54, 1.807) is 0 Å². The van der Waals surface area contributed by atoms with Crippen LogP contribution in [0.2, 0.25) is 0 Å². The highest BCUT2D eigenvalue weighted by atomic mass is 79.9. The van der Waals surface area contributed by atoms with Gasteiger partial charge in [0.15, 0.2) is 0 Å². The van der Waals surface area contributed by atoms with Crippen molar-refractivity contribution in [2.24, 2.45) is 0 Å². The summed E-state index contributed by atoms with van der Waals surface area (Å²) in [5.74, 6) is -0.00942. The maximum atomic E-state index is 12.4. The normalized spacial score (nSPS) is 23.2. The van der Waals surface area contributed by atoms with Crippen LogP contribution in [-0.2, 0) is 4.74 Å². The second-order valence-corrected chi connectivity index (χ2v) is 6.69. The van der Waals surface area contributed by atoms with Crippen molar-refractivity contribution >= 4 is 21.8 Å². The number of hydrogen-bond donors (Lipinski definition) is 1. The number of amides is 1. The van der Waals surface area contributed by atoms with Crippen LogP contribution in [0, 0.1) is 0 Å². The van der Waals surface area contributed by atoms with Gasteiger partial charge >= 0.3 is 0 Å². The second-order valence-electron chi connectivity index (χ2n) is 5.78. The predicted octanol–water partition coefficient (Wildman–Crippen LogP) is 2.04. The molecule has 1 saturated carbocycles. The van der Waals surface area contributed by atoms with Crippen LogP contribution in [0.3, 0.4) is 0 Å². The van der Waals surface area contributed by atoms with Gasteiger partial charge < -0.3 is 14.6 Å². The van der Waals surface area contributed by atoms with Crippen molar-refractivity contribution in [2.45, 2.75) is 31.9 Å². The summed E-state index contributed by atoms with van der Waals surface area (Å²) in [4.78, 5) is 14.7. The maximum Gasteiger partial charge on any atom is 0.268 e. The molecule has 1 saturated heterocycles. The molecule has 0 spiro atoms. The van der Waals surface area contributed by atoms with Gasteiger partial charge in [0.05, 0.1) is 12.7 Å². The summed E-state index contributed by atoms with van der Waals surface area (Å²) < 4.78 is 8.77. The Morgan fingerprint density at radius 3 is 3.05 bits per heavy atom. The lowest BCUT2D eigenvalue weighted by molar-refractivity contribution is -0.0246. The molecule has 116 valence electrons. The monoisotopic (exact) mass is 355 g/mol. The zero-order chi connectivity index (χ0) is 14.8. The van der Waals surface area contributed by atoms with Gasteiger partial charge in [0.1, 0.15) is 5.69 Å². The minimum atomic E-state index is -0.00942. The molecule has 1 amide bonds. The van der Waals surface area contributed by atoms with E-state index in [0.717, 1.165) is 36.4 Å².